The highest BCUT2D eigenvalue weighted by molar-refractivity contribution is 5.58. The van der Waals surface area contributed by atoms with Crippen molar-refractivity contribution in [2.45, 2.75) is 39.7 Å². The molecule has 0 amide bonds. The zero-order valence-corrected chi connectivity index (χ0v) is 18.6. The lowest BCUT2D eigenvalue weighted by Gasteiger charge is -2.28. The highest BCUT2D eigenvalue weighted by Gasteiger charge is 2.35. The minimum Gasteiger partial charge on any atom is -0.496 e. The predicted molar refractivity (Wildman–Crippen MR) is 120 cm³/mol. The highest BCUT2D eigenvalue weighted by atomic mass is 16.5. The van der Waals surface area contributed by atoms with Crippen molar-refractivity contribution in [3.8, 4) is 17.6 Å². The van der Waals surface area contributed by atoms with Gasteiger partial charge in [-0.1, -0.05) is 32.0 Å². The number of ether oxygens (including phenoxy) is 2. The molecule has 1 atom stereocenters. The van der Waals surface area contributed by atoms with E-state index in [1.165, 1.54) is 0 Å². The number of benzene rings is 1. The van der Waals surface area contributed by atoms with E-state index >= 15 is 0 Å². The lowest BCUT2D eigenvalue weighted by molar-refractivity contribution is 0.292. The van der Waals surface area contributed by atoms with Crippen molar-refractivity contribution in [1.29, 1.82) is 5.26 Å². The number of nitrogens with zero attached hydrogens (tertiary/aromatic N) is 3. The van der Waals surface area contributed by atoms with Crippen molar-refractivity contribution in [3.63, 3.8) is 0 Å². The summed E-state index contributed by atoms with van der Waals surface area (Å²) in [6.45, 7) is 9.62. The largest absolute Gasteiger partial charge is 0.496 e. The molecular weight excluding hydrogens is 392 g/mol. The number of fused-ring (bicyclic) bond motifs is 1. The number of aryl methyl sites for hydroxylation is 1. The molecule has 1 aromatic carbocycles. The number of rotatable bonds is 8. The van der Waals surface area contributed by atoms with Crippen molar-refractivity contribution >= 4 is 0 Å². The molecule has 0 aliphatic carbocycles. The monoisotopic (exact) mass is 422 g/mol. The third-order valence-electron chi connectivity index (χ3n) is 5.89. The predicted octanol–water partition coefficient (Wildman–Crippen LogP) is 3.12. The van der Waals surface area contributed by atoms with Crippen LogP contribution >= 0.6 is 0 Å². The Morgan fingerprint density at radius 1 is 1.29 bits per heavy atom. The van der Waals surface area contributed by atoms with Crippen molar-refractivity contribution in [2.24, 2.45) is 5.73 Å². The van der Waals surface area contributed by atoms with E-state index in [1.807, 2.05) is 37.3 Å². The molecule has 1 aliphatic heterocycles. The molecule has 0 unspecified atom stereocenters. The quantitative estimate of drug-likeness (QED) is 0.703. The molecule has 1 aromatic heterocycles. The normalized spacial score (nSPS) is 15.4. The van der Waals surface area contributed by atoms with Crippen LogP contribution in [0.5, 0.6) is 11.5 Å². The number of hydrogen-bond donors (Lipinski definition) is 1. The molecule has 2 N–H and O–H groups in total. The van der Waals surface area contributed by atoms with Gasteiger partial charge in [-0.3, -0.25) is 4.79 Å². The van der Waals surface area contributed by atoms with Crippen LogP contribution in [-0.2, 0) is 6.54 Å². The van der Waals surface area contributed by atoms with E-state index in [4.69, 9.17) is 15.2 Å². The molecule has 7 nitrogen and oxygen atoms in total. The second kappa shape index (κ2) is 9.71. The molecule has 0 fully saturated rings. The van der Waals surface area contributed by atoms with Gasteiger partial charge in [-0.05, 0) is 39.0 Å². The van der Waals surface area contributed by atoms with E-state index < -0.39 is 5.92 Å². The van der Waals surface area contributed by atoms with Crippen LogP contribution in [0.2, 0.25) is 0 Å². The average molecular weight is 423 g/mol. The van der Waals surface area contributed by atoms with E-state index in [0.29, 0.717) is 29.2 Å². The Bertz CT molecular complexity index is 1080. The Morgan fingerprint density at radius 3 is 2.65 bits per heavy atom. The summed E-state index contributed by atoms with van der Waals surface area (Å²) in [5.41, 5.74) is 8.07. The summed E-state index contributed by atoms with van der Waals surface area (Å²) in [4.78, 5) is 16.0. The molecule has 7 heteroatoms. The fourth-order valence-electron chi connectivity index (χ4n) is 4.17. The molecule has 164 valence electrons. The SMILES string of the molecule is CCN(CC)CCCn1c(C)cc2c(c1=O)[C@@H](c1ccccc1OC)C(C#N)=C(N)O2. The van der Waals surface area contributed by atoms with Gasteiger partial charge in [0.2, 0.25) is 5.88 Å². The van der Waals surface area contributed by atoms with Crippen LogP contribution in [0.4, 0.5) is 0 Å². The number of methoxy groups -OCH3 is 1. The summed E-state index contributed by atoms with van der Waals surface area (Å²) in [6, 6.07) is 11.4. The van der Waals surface area contributed by atoms with Crippen LogP contribution in [0.25, 0.3) is 0 Å². The summed E-state index contributed by atoms with van der Waals surface area (Å²) >= 11 is 0. The van der Waals surface area contributed by atoms with E-state index in [0.717, 1.165) is 31.7 Å². The topological polar surface area (TPSA) is 93.5 Å². The van der Waals surface area contributed by atoms with Crippen LogP contribution in [0.1, 0.15) is 43.0 Å². The zero-order valence-electron chi connectivity index (χ0n) is 18.6. The van der Waals surface area contributed by atoms with Gasteiger partial charge >= 0.3 is 0 Å². The number of allylic oxidation sites excluding steroid dienone is 1. The minimum atomic E-state index is -0.646. The summed E-state index contributed by atoms with van der Waals surface area (Å²) in [5.74, 6) is 0.361. The van der Waals surface area contributed by atoms with Crippen molar-refractivity contribution in [3.05, 3.63) is 69.0 Å². The Kier molecular flexibility index (Phi) is 7.03. The van der Waals surface area contributed by atoms with Crippen molar-refractivity contribution in [1.82, 2.24) is 9.47 Å². The van der Waals surface area contributed by atoms with Crippen LogP contribution in [0.3, 0.4) is 0 Å². The molecule has 31 heavy (non-hydrogen) atoms. The first-order valence-electron chi connectivity index (χ1n) is 10.6. The number of nitrogens with two attached hydrogens (primary N) is 1. The molecule has 0 saturated heterocycles. The van der Waals surface area contributed by atoms with Gasteiger partial charge in [0.05, 0.1) is 18.6 Å². The number of para-hydroxylation sites is 1. The fourth-order valence-corrected chi connectivity index (χ4v) is 4.17. The molecule has 2 aromatic rings. The third kappa shape index (κ3) is 4.30. The van der Waals surface area contributed by atoms with E-state index in [9.17, 15) is 10.1 Å². The summed E-state index contributed by atoms with van der Waals surface area (Å²) in [6.07, 6.45) is 0.852. The Morgan fingerprint density at radius 2 is 2.00 bits per heavy atom. The van der Waals surface area contributed by atoms with Gasteiger partial charge in [-0.25, -0.2) is 0 Å². The van der Waals surface area contributed by atoms with Crippen LogP contribution < -0.4 is 20.8 Å². The van der Waals surface area contributed by atoms with Gasteiger partial charge in [0.15, 0.2) is 0 Å². The van der Waals surface area contributed by atoms with Gasteiger partial charge in [-0.15, -0.1) is 0 Å². The molecule has 0 bridgehead atoms. The Hall–Kier alpha value is -3.24. The highest BCUT2D eigenvalue weighted by Crippen LogP contribution is 2.43. The number of aromatic nitrogens is 1. The van der Waals surface area contributed by atoms with Gasteiger partial charge in [-0.2, -0.15) is 5.26 Å². The molecular formula is C24H30N4O3. The lowest BCUT2D eigenvalue weighted by atomic mass is 9.83. The molecule has 3 rings (SSSR count). The van der Waals surface area contributed by atoms with Gasteiger partial charge in [0, 0.05) is 23.9 Å². The van der Waals surface area contributed by atoms with Crippen molar-refractivity contribution < 1.29 is 9.47 Å². The Labute approximate surface area is 183 Å². The summed E-state index contributed by atoms with van der Waals surface area (Å²) in [5, 5.41) is 9.83. The van der Waals surface area contributed by atoms with E-state index in [-0.39, 0.29) is 17.0 Å². The molecule has 2 heterocycles. The number of nitriles is 1. The lowest BCUT2D eigenvalue weighted by Crippen LogP contribution is -2.33. The molecule has 0 spiro atoms. The average Bonchev–Trinajstić information content (AvgIpc) is 2.77. The number of pyridine rings is 1. The van der Waals surface area contributed by atoms with Gasteiger partial charge in [0.25, 0.3) is 5.56 Å². The molecule has 0 saturated carbocycles. The van der Waals surface area contributed by atoms with E-state index in [1.54, 1.807) is 11.7 Å². The molecule has 0 radical (unpaired) electrons. The summed E-state index contributed by atoms with van der Waals surface area (Å²) in [7, 11) is 1.57. The third-order valence-corrected chi connectivity index (χ3v) is 5.89. The standard InChI is InChI=1S/C24H30N4O3/c1-5-27(6-2)12-9-13-28-16(3)14-20-22(24(28)29)21(18(15-25)23(26)31-20)17-10-7-8-11-19(17)30-4/h7-8,10-11,14,21H,5-6,9,12-13,26H2,1-4H3/t21-/m0/s1. The number of hydrogen-bond acceptors (Lipinski definition) is 6. The Balaban J connectivity index is 2.11. The van der Waals surface area contributed by atoms with Crippen molar-refractivity contribution in [2.75, 3.05) is 26.7 Å². The zero-order chi connectivity index (χ0) is 22.5. The van der Waals surface area contributed by atoms with Gasteiger partial charge < -0.3 is 24.7 Å². The minimum absolute atomic E-state index is 0.0176. The van der Waals surface area contributed by atoms with E-state index in [2.05, 4.69) is 24.8 Å². The van der Waals surface area contributed by atoms with Crippen LogP contribution in [-0.4, -0.2) is 36.2 Å². The van der Waals surface area contributed by atoms with Crippen LogP contribution in [0, 0.1) is 18.3 Å². The second-order valence-electron chi connectivity index (χ2n) is 7.57. The first-order chi connectivity index (χ1) is 15.0. The first kappa shape index (κ1) is 22.4. The maximum atomic E-state index is 13.7. The van der Waals surface area contributed by atoms with Crippen LogP contribution in [0.15, 0.2) is 46.6 Å². The maximum absolute atomic E-state index is 13.7. The fraction of sp³-hybridized carbons (Fsp3) is 0.417. The second-order valence-corrected chi connectivity index (χ2v) is 7.57. The maximum Gasteiger partial charge on any atom is 0.258 e. The smallest absolute Gasteiger partial charge is 0.258 e. The first-order valence-corrected chi connectivity index (χ1v) is 10.6. The molecule has 1 aliphatic rings. The summed E-state index contributed by atoms with van der Waals surface area (Å²) < 4.78 is 13.0. The van der Waals surface area contributed by atoms with Gasteiger partial charge in [0.1, 0.15) is 23.1 Å².